The molecule has 1 aliphatic carbocycles. The van der Waals surface area contributed by atoms with Gasteiger partial charge in [0.1, 0.15) is 0 Å². The summed E-state index contributed by atoms with van der Waals surface area (Å²) >= 11 is 11.6. The van der Waals surface area contributed by atoms with Crippen molar-refractivity contribution in [3.05, 3.63) is 0 Å². The molecule has 1 atom stereocenters. The SMILES string of the molecule is CC(C)N(C(=S)N=C1SSC(NC(=S)N(C(C)C)C(C)C)N1C1CCCCC1)C(C)C. The van der Waals surface area contributed by atoms with E-state index in [0.717, 1.165) is 10.3 Å². The Bertz CT molecular complexity index is 628. The third kappa shape index (κ3) is 7.11. The fraction of sp³-hybridized carbons (Fsp3) is 0.864. The number of amidine groups is 1. The van der Waals surface area contributed by atoms with Gasteiger partial charge in [-0.3, -0.25) is 0 Å². The molecule has 1 unspecified atom stereocenters. The Balaban J connectivity index is 2.27. The van der Waals surface area contributed by atoms with Crippen molar-refractivity contribution in [2.45, 2.75) is 123 Å². The largest absolute Gasteiger partial charge is 0.344 e. The summed E-state index contributed by atoms with van der Waals surface area (Å²) in [7, 11) is 3.53. The van der Waals surface area contributed by atoms with Crippen molar-refractivity contribution in [3.63, 3.8) is 0 Å². The molecule has 1 saturated heterocycles. The first-order chi connectivity index (χ1) is 14.5. The fourth-order valence-electron chi connectivity index (χ4n) is 4.58. The zero-order chi connectivity index (χ0) is 23.3. The average Bonchev–Trinajstić information content (AvgIpc) is 3.02. The highest BCUT2D eigenvalue weighted by atomic mass is 33.1. The number of hydrogen-bond acceptors (Lipinski definition) is 4. The van der Waals surface area contributed by atoms with Crippen LogP contribution >= 0.6 is 46.0 Å². The van der Waals surface area contributed by atoms with Crippen LogP contribution in [0.1, 0.15) is 87.5 Å². The predicted molar refractivity (Wildman–Crippen MR) is 148 cm³/mol. The topological polar surface area (TPSA) is 34.1 Å². The first kappa shape index (κ1) is 27.0. The van der Waals surface area contributed by atoms with E-state index in [2.05, 4.69) is 75.4 Å². The summed E-state index contributed by atoms with van der Waals surface area (Å²) in [5.74, 6) is 0. The maximum absolute atomic E-state index is 5.85. The van der Waals surface area contributed by atoms with Crippen LogP contribution in [0.5, 0.6) is 0 Å². The first-order valence-electron chi connectivity index (χ1n) is 11.7. The minimum atomic E-state index is 0.0775. The summed E-state index contributed by atoms with van der Waals surface area (Å²) in [6, 6.07) is 1.84. The van der Waals surface area contributed by atoms with Crippen LogP contribution in [0.25, 0.3) is 0 Å². The van der Waals surface area contributed by atoms with Gasteiger partial charge in [0.15, 0.2) is 20.9 Å². The van der Waals surface area contributed by atoms with Crippen molar-refractivity contribution >= 4 is 61.4 Å². The van der Waals surface area contributed by atoms with E-state index in [1.165, 1.54) is 32.1 Å². The van der Waals surface area contributed by atoms with Gasteiger partial charge in [0.2, 0.25) is 0 Å². The zero-order valence-corrected chi connectivity index (χ0v) is 23.7. The number of nitrogens with one attached hydrogen (secondary N) is 1. The number of rotatable bonds is 6. The van der Waals surface area contributed by atoms with Crippen molar-refractivity contribution in [2.24, 2.45) is 4.99 Å². The lowest BCUT2D eigenvalue weighted by Crippen LogP contribution is -2.55. The van der Waals surface area contributed by atoms with E-state index in [1.54, 1.807) is 21.6 Å². The highest BCUT2D eigenvalue weighted by molar-refractivity contribution is 8.83. The summed E-state index contributed by atoms with van der Waals surface area (Å²) in [5, 5.41) is 6.18. The van der Waals surface area contributed by atoms with E-state index in [1.807, 2.05) is 0 Å². The van der Waals surface area contributed by atoms with Crippen LogP contribution in [-0.2, 0) is 0 Å². The van der Waals surface area contributed by atoms with Crippen LogP contribution < -0.4 is 5.32 Å². The van der Waals surface area contributed by atoms with Crippen molar-refractivity contribution in [3.8, 4) is 0 Å². The van der Waals surface area contributed by atoms with Crippen molar-refractivity contribution in [1.82, 2.24) is 20.0 Å². The number of hydrogen-bond donors (Lipinski definition) is 1. The molecule has 31 heavy (non-hydrogen) atoms. The molecule has 0 aromatic carbocycles. The van der Waals surface area contributed by atoms with Gasteiger partial charge in [-0.1, -0.05) is 19.3 Å². The molecule has 1 saturated carbocycles. The molecule has 5 nitrogen and oxygen atoms in total. The summed E-state index contributed by atoms with van der Waals surface area (Å²) in [6.45, 7) is 17.5. The zero-order valence-electron chi connectivity index (χ0n) is 20.4. The van der Waals surface area contributed by atoms with Crippen LogP contribution in [0.2, 0.25) is 0 Å². The van der Waals surface area contributed by atoms with Crippen LogP contribution in [0.4, 0.5) is 0 Å². The molecule has 1 heterocycles. The Morgan fingerprint density at radius 2 is 1.42 bits per heavy atom. The lowest BCUT2D eigenvalue weighted by atomic mass is 9.95. The van der Waals surface area contributed by atoms with Gasteiger partial charge in [-0.25, -0.2) is 0 Å². The molecule has 0 radical (unpaired) electrons. The van der Waals surface area contributed by atoms with Crippen molar-refractivity contribution in [1.29, 1.82) is 0 Å². The highest BCUT2D eigenvalue weighted by Gasteiger charge is 2.39. The van der Waals surface area contributed by atoms with E-state index in [9.17, 15) is 0 Å². The standard InChI is InChI=1S/C22H41N5S4/c1-14(2)25(15(3)4)19(28)23-21-27(18-12-10-9-11-13-18)22(31-30-21)24-20(29)26(16(5)6)17(7)8/h14-18,21H,9-13H2,1-8H3,(H,23,28). The van der Waals surface area contributed by atoms with Crippen LogP contribution in [0.15, 0.2) is 4.99 Å². The van der Waals surface area contributed by atoms with Gasteiger partial charge in [0, 0.05) is 30.2 Å². The summed E-state index contributed by atoms with van der Waals surface area (Å²) in [5.41, 5.74) is 0.0775. The molecule has 1 N–H and O–H groups in total. The van der Waals surface area contributed by atoms with Gasteiger partial charge in [0.25, 0.3) is 0 Å². The third-order valence-corrected chi connectivity index (χ3v) is 8.76. The van der Waals surface area contributed by atoms with Crippen molar-refractivity contribution < 1.29 is 0 Å². The molecule has 9 heteroatoms. The van der Waals surface area contributed by atoms with Gasteiger partial charge in [-0.05, 0) is 114 Å². The molecule has 0 aromatic rings. The Kier molecular flexibility index (Phi) is 10.7. The van der Waals surface area contributed by atoms with E-state index in [0.29, 0.717) is 35.3 Å². The van der Waals surface area contributed by atoms with E-state index >= 15 is 0 Å². The molecule has 2 rings (SSSR count). The quantitative estimate of drug-likeness (QED) is 0.346. The predicted octanol–water partition coefficient (Wildman–Crippen LogP) is 6.05. The molecule has 178 valence electrons. The first-order valence-corrected chi connectivity index (χ1v) is 14.7. The molecule has 0 bridgehead atoms. The maximum atomic E-state index is 5.85. The monoisotopic (exact) mass is 503 g/mol. The molecule has 0 spiro atoms. The highest BCUT2D eigenvalue weighted by Crippen LogP contribution is 2.43. The van der Waals surface area contributed by atoms with E-state index < -0.39 is 0 Å². The summed E-state index contributed by atoms with van der Waals surface area (Å²) in [4.78, 5) is 12.0. The second kappa shape index (κ2) is 12.3. The lowest BCUT2D eigenvalue weighted by molar-refractivity contribution is 0.222. The van der Waals surface area contributed by atoms with Crippen molar-refractivity contribution in [2.75, 3.05) is 0 Å². The number of nitrogens with zero attached hydrogens (tertiary/aromatic N) is 4. The van der Waals surface area contributed by atoms with Crippen LogP contribution in [0, 0.1) is 0 Å². The lowest BCUT2D eigenvalue weighted by Gasteiger charge is -2.39. The van der Waals surface area contributed by atoms with E-state index in [4.69, 9.17) is 29.4 Å². The smallest absolute Gasteiger partial charge is 0.198 e. The van der Waals surface area contributed by atoms with Crippen LogP contribution in [-0.4, -0.2) is 65.8 Å². The number of thiocarbonyl (C=S) groups is 2. The second-order valence-corrected chi connectivity index (χ2v) is 12.5. The fourth-order valence-corrected chi connectivity index (χ4v) is 8.31. The molecule has 0 amide bonds. The molecular weight excluding hydrogens is 463 g/mol. The Hall–Kier alpha value is -0.250. The number of aliphatic imine (C=N–C) groups is 1. The Morgan fingerprint density at radius 1 is 0.903 bits per heavy atom. The third-order valence-electron chi connectivity index (χ3n) is 5.77. The minimum absolute atomic E-state index is 0.0775. The van der Waals surface area contributed by atoms with Gasteiger partial charge in [-0.2, -0.15) is 4.99 Å². The summed E-state index contributed by atoms with van der Waals surface area (Å²) in [6.07, 6.45) is 6.29. The van der Waals surface area contributed by atoms with Crippen LogP contribution in [0.3, 0.4) is 0 Å². The van der Waals surface area contributed by atoms with Gasteiger partial charge < -0.3 is 20.0 Å². The van der Waals surface area contributed by atoms with Gasteiger partial charge in [-0.15, -0.1) is 0 Å². The molecule has 1 aliphatic heterocycles. The molecular formula is C22H41N5S4. The van der Waals surface area contributed by atoms with Gasteiger partial charge in [0.05, 0.1) is 0 Å². The van der Waals surface area contributed by atoms with E-state index in [-0.39, 0.29) is 5.50 Å². The van der Waals surface area contributed by atoms with Gasteiger partial charge >= 0.3 is 0 Å². The second-order valence-electron chi connectivity index (χ2n) is 9.55. The molecule has 0 aromatic heterocycles. The minimum Gasteiger partial charge on any atom is -0.344 e. The normalized spacial score (nSPS) is 21.6. The average molecular weight is 504 g/mol. The molecule has 2 aliphatic rings. The Labute approximate surface area is 208 Å². The molecule has 2 fully saturated rings. The Morgan fingerprint density at radius 3 is 1.90 bits per heavy atom. The maximum Gasteiger partial charge on any atom is 0.198 e. The summed E-state index contributed by atoms with van der Waals surface area (Å²) < 4.78 is 0.